The average molecular weight is 322 g/mol. The van der Waals surface area contributed by atoms with Gasteiger partial charge in [-0.25, -0.2) is 0 Å². The molecule has 0 amide bonds. The fourth-order valence-electron chi connectivity index (χ4n) is 5.71. The van der Waals surface area contributed by atoms with Gasteiger partial charge in [-0.15, -0.1) is 0 Å². The van der Waals surface area contributed by atoms with Crippen molar-refractivity contribution in [3.05, 3.63) is 0 Å². The Kier molecular flexibility index (Phi) is 2.54. The van der Waals surface area contributed by atoms with Gasteiger partial charge in [0.25, 0.3) is 20.2 Å². The third-order valence-electron chi connectivity index (χ3n) is 5.80. The van der Waals surface area contributed by atoms with Gasteiger partial charge < -0.3 is 0 Å². The highest BCUT2D eigenvalue weighted by Crippen LogP contribution is 2.73. The first kappa shape index (κ1) is 13.5. The SMILES string of the molecule is CS(=O)(=O)O[C@@H]1[C@H]2C[C@@H]3[C@H]4C[C@H]2[C@@H]([C@@H]4OS(C)(=O)=O)[C@H]31. The van der Waals surface area contributed by atoms with Crippen molar-refractivity contribution in [1.82, 2.24) is 0 Å². The molecule has 8 heteroatoms. The van der Waals surface area contributed by atoms with E-state index in [9.17, 15) is 16.8 Å². The zero-order valence-corrected chi connectivity index (χ0v) is 12.9. The Hall–Kier alpha value is -0.180. The summed E-state index contributed by atoms with van der Waals surface area (Å²) in [5, 5.41) is 0. The molecule has 4 bridgehead atoms. The van der Waals surface area contributed by atoms with Crippen molar-refractivity contribution in [3.63, 3.8) is 0 Å². The lowest BCUT2D eigenvalue weighted by Gasteiger charge is -2.32. The highest BCUT2D eigenvalue weighted by molar-refractivity contribution is 7.86. The van der Waals surface area contributed by atoms with Crippen molar-refractivity contribution >= 4 is 20.2 Å². The van der Waals surface area contributed by atoms with E-state index in [-0.39, 0.29) is 35.9 Å². The maximum absolute atomic E-state index is 11.4. The number of hydrogen-bond donors (Lipinski definition) is 0. The maximum Gasteiger partial charge on any atom is 0.264 e. The summed E-state index contributed by atoms with van der Waals surface area (Å²) in [6.07, 6.45) is 3.57. The molecule has 4 saturated carbocycles. The molecule has 8 atom stereocenters. The molecule has 4 aliphatic rings. The molecule has 0 radical (unpaired) electrons. The van der Waals surface area contributed by atoms with E-state index in [0.29, 0.717) is 11.8 Å². The largest absolute Gasteiger partial charge is 0.266 e. The maximum atomic E-state index is 11.4. The Balaban J connectivity index is 1.64. The van der Waals surface area contributed by atoms with Crippen LogP contribution in [0.2, 0.25) is 0 Å². The van der Waals surface area contributed by atoms with E-state index in [1.54, 1.807) is 0 Å². The van der Waals surface area contributed by atoms with E-state index >= 15 is 0 Å². The van der Waals surface area contributed by atoms with Crippen molar-refractivity contribution < 1.29 is 25.2 Å². The highest BCUT2D eigenvalue weighted by atomic mass is 32.2. The molecular formula is C12H18O6S2. The first-order chi connectivity index (χ1) is 9.16. The molecule has 0 aromatic rings. The summed E-state index contributed by atoms with van der Waals surface area (Å²) in [6.45, 7) is 0. The molecule has 0 saturated heterocycles. The van der Waals surface area contributed by atoms with Crippen LogP contribution < -0.4 is 0 Å². The van der Waals surface area contributed by atoms with E-state index < -0.39 is 20.2 Å². The lowest BCUT2D eigenvalue weighted by atomic mass is 9.71. The Labute approximate surface area is 119 Å². The van der Waals surface area contributed by atoms with Crippen molar-refractivity contribution in [1.29, 1.82) is 0 Å². The van der Waals surface area contributed by atoms with E-state index in [4.69, 9.17) is 8.37 Å². The molecule has 0 unspecified atom stereocenters. The quantitative estimate of drug-likeness (QED) is 0.688. The van der Waals surface area contributed by atoms with Crippen LogP contribution in [0.4, 0.5) is 0 Å². The van der Waals surface area contributed by atoms with Crippen molar-refractivity contribution in [3.8, 4) is 0 Å². The fourth-order valence-corrected chi connectivity index (χ4v) is 7.06. The molecule has 6 nitrogen and oxygen atoms in total. The molecule has 4 aliphatic carbocycles. The Morgan fingerprint density at radius 1 is 0.700 bits per heavy atom. The Morgan fingerprint density at radius 3 is 1.35 bits per heavy atom. The molecule has 20 heavy (non-hydrogen) atoms. The van der Waals surface area contributed by atoms with Gasteiger partial charge in [0.1, 0.15) is 0 Å². The minimum atomic E-state index is -3.47. The van der Waals surface area contributed by atoms with E-state index in [2.05, 4.69) is 0 Å². The lowest BCUT2D eigenvalue weighted by molar-refractivity contribution is 0.129. The van der Waals surface area contributed by atoms with Gasteiger partial charge in [0, 0.05) is 0 Å². The fraction of sp³-hybridized carbons (Fsp3) is 1.00. The smallest absolute Gasteiger partial charge is 0.264 e. The van der Waals surface area contributed by atoms with Gasteiger partial charge in [-0.3, -0.25) is 8.37 Å². The van der Waals surface area contributed by atoms with Gasteiger partial charge in [0.05, 0.1) is 24.7 Å². The van der Waals surface area contributed by atoms with Crippen LogP contribution in [0.15, 0.2) is 0 Å². The molecule has 0 aromatic heterocycles. The Bertz CT molecular complexity index is 595. The Morgan fingerprint density at radius 2 is 1.05 bits per heavy atom. The van der Waals surface area contributed by atoms with Crippen LogP contribution in [0, 0.1) is 35.5 Å². The van der Waals surface area contributed by atoms with E-state index in [1.807, 2.05) is 0 Å². The van der Waals surface area contributed by atoms with Gasteiger partial charge >= 0.3 is 0 Å². The molecule has 4 rings (SSSR count). The minimum Gasteiger partial charge on any atom is -0.266 e. The number of hydrogen-bond acceptors (Lipinski definition) is 6. The van der Waals surface area contributed by atoms with Crippen molar-refractivity contribution in [2.75, 3.05) is 12.5 Å². The van der Waals surface area contributed by atoms with Gasteiger partial charge in [-0.2, -0.15) is 16.8 Å². The van der Waals surface area contributed by atoms with Gasteiger partial charge in [0.15, 0.2) is 0 Å². The summed E-state index contributed by atoms with van der Waals surface area (Å²) in [4.78, 5) is 0. The highest BCUT2D eigenvalue weighted by Gasteiger charge is 2.74. The molecule has 0 spiro atoms. The van der Waals surface area contributed by atoms with E-state index in [1.165, 1.54) is 0 Å². The van der Waals surface area contributed by atoms with Crippen molar-refractivity contribution in [2.45, 2.75) is 25.0 Å². The third-order valence-corrected chi connectivity index (χ3v) is 6.94. The van der Waals surface area contributed by atoms with Crippen LogP contribution in [0.3, 0.4) is 0 Å². The van der Waals surface area contributed by atoms with Crippen LogP contribution in [-0.2, 0) is 28.6 Å². The summed E-state index contributed by atoms with van der Waals surface area (Å²) >= 11 is 0. The van der Waals surface area contributed by atoms with Gasteiger partial charge in [0.2, 0.25) is 0 Å². The first-order valence-corrected chi connectivity index (χ1v) is 10.6. The molecule has 0 aliphatic heterocycles. The zero-order chi connectivity index (χ0) is 14.4. The van der Waals surface area contributed by atoms with Gasteiger partial charge in [-0.05, 0) is 48.3 Å². The third kappa shape index (κ3) is 1.74. The normalized spacial score (nSPS) is 52.3. The van der Waals surface area contributed by atoms with Crippen LogP contribution in [0.1, 0.15) is 12.8 Å². The van der Waals surface area contributed by atoms with Crippen LogP contribution in [0.25, 0.3) is 0 Å². The summed E-state index contributed by atoms with van der Waals surface area (Å²) in [6, 6.07) is 0. The van der Waals surface area contributed by atoms with Crippen LogP contribution in [-0.4, -0.2) is 41.6 Å². The second-order valence-corrected chi connectivity index (χ2v) is 10.0. The van der Waals surface area contributed by atoms with Crippen molar-refractivity contribution in [2.24, 2.45) is 35.5 Å². The molecular weight excluding hydrogens is 304 g/mol. The van der Waals surface area contributed by atoms with E-state index in [0.717, 1.165) is 25.4 Å². The minimum absolute atomic E-state index is 0.158. The summed E-state index contributed by atoms with van der Waals surface area (Å²) in [5.41, 5.74) is 0. The summed E-state index contributed by atoms with van der Waals surface area (Å²) in [7, 11) is -6.94. The standard InChI is InChI=1S/C12H18O6S2/c1-19(13,14)17-11-7-3-6-8-4-5(7)10(9(6)11)12(8)18-20(2,15)16/h5-12H,3-4H2,1-2H3/t5-,6-,7-,8+,9-,10+,11-,12-/m1/s1. The lowest BCUT2D eigenvalue weighted by Crippen LogP contribution is -2.28. The first-order valence-electron chi connectivity index (χ1n) is 6.92. The van der Waals surface area contributed by atoms with Gasteiger partial charge in [-0.1, -0.05) is 0 Å². The van der Waals surface area contributed by atoms with Crippen LogP contribution in [0.5, 0.6) is 0 Å². The summed E-state index contributed by atoms with van der Waals surface area (Å²) in [5.74, 6) is 1.57. The second-order valence-electron chi connectivity index (χ2n) is 6.81. The molecule has 114 valence electrons. The number of fused-ring (bicyclic) bond motifs is 4. The predicted molar refractivity (Wildman–Crippen MR) is 69.6 cm³/mol. The topological polar surface area (TPSA) is 86.7 Å². The van der Waals surface area contributed by atoms with Crippen LogP contribution >= 0.6 is 0 Å². The monoisotopic (exact) mass is 322 g/mol. The predicted octanol–water partition coefficient (Wildman–Crippen LogP) is 0.208. The molecule has 4 fully saturated rings. The molecule has 0 N–H and O–H groups in total. The zero-order valence-electron chi connectivity index (χ0n) is 11.3. The average Bonchev–Trinajstić information content (AvgIpc) is 2.89. The molecule has 0 heterocycles. The number of rotatable bonds is 4. The molecule has 0 aromatic carbocycles. The summed E-state index contributed by atoms with van der Waals surface area (Å²) < 4.78 is 56.3. The second kappa shape index (κ2) is 3.77.